The lowest BCUT2D eigenvalue weighted by molar-refractivity contribution is -0.172. The Morgan fingerprint density at radius 2 is 1.84 bits per heavy atom. The molecular weight excluding hydrogens is 586 g/mol. The number of anilines is 1. The number of carbonyl (C=O) groups excluding carboxylic acids is 4. The summed E-state index contributed by atoms with van der Waals surface area (Å²) in [5, 5.41) is 19.8. The third-order valence-corrected chi connectivity index (χ3v) is 8.12. The van der Waals surface area contributed by atoms with Crippen LogP contribution < -0.4 is 16.0 Å². The third-order valence-electron chi connectivity index (χ3n) is 7.65. The number of aromatic nitrogens is 2. The van der Waals surface area contributed by atoms with Crippen molar-refractivity contribution in [1.29, 1.82) is 0 Å². The van der Waals surface area contributed by atoms with E-state index in [1.165, 1.54) is 6.92 Å². The van der Waals surface area contributed by atoms with Gasteiger partial charge in [0.2, 0.25) is 11.8 Å². The quantitative estimate of drug-likeness (QED) is 0.185. The molecule has 0 aliphatic carbocycles. The minimum Gasteiger partial charge on any atom is -0.458 e. The summed E-state index contributed by atoms with van der Waals surface area (Å²) in [4.78, 5) is 54.7. The molecule has 4 heterocycles. The van der Waals surface area contributed by atoms with E-state index in [2.05, 4.69) is 16.0 Å². The van der Waals surface area contributed by atoms with E-state index in [0.717, 1.165) is 10.9 Å². The Morgan fingerprint density at radius 3 is 2.52 bits per heavy atom. The van der Waals surface area contributed by atoms with Gasteiger partial charge in [0.25, 0.3) is 0 Å². The number of fused-ring (bicyclic) bond motifs is 5. The minimum atomic E-state index is -1.77. The molecule has 5 rings (SSSR count). The van der Waals surface area contributed by atoms with Crippen LogP contribution in [-0.2, 0) is 42.6 Å². The average Bonchev–Trinajstić information content (AvgIpc) is 3.30. The first-order valence-corrected chi connectivity index (χ1v) is 14.7. The second-order valence-corrected chi connectivity index (χ2v) is 12.5. The molecule has 3 atom stereocenters. The average molecular weight is 622 g/mol. The Labute approximate surface area is 259 Å². The van der Waals surface area contributed by atoms with Crippen LogP contribution in [0.5, 0.6) is 0 Å². The molecule has 44 heavy (non-hydrogen) atoms. The number of amides is 3. The van der Waals surface area contributed by atoms with Crippen LogP contribution in [0.25, 0.3) is 22.3 Å². The zero-order chi connectivity index (χ0) is 32.1. The van der Waals surface area contributed by atoms with Crippen LogP contribution in [0, 0.1) is 4.64 Å². The van der Waals surface area contributed by atoms with Crippen molar-refractivity contribution in [2.24, 2.45) is 0 Å². The maximum atomic E-state index is 12.9. The molecular formula is C31H35N5O7S. The van der Waals surface area contributed by atoms with Crippen molar-refractivity contribution >= 4 is 52.7 Å². The van der Waals surface area contributed by atoms with Crippen molar-refractivity contribution in [3.63, 3.8) is 0 Å². The molecule has 232 valence electrons. The Kier molecular flexibility index (Phi) is 7.97. The van der Waals surface area contributed by atoms with Crippen molar-refractivity contribution in [3.8, 4) is 11.4 Å². The predicted molar refractivity (Wildman–Crippen MR) is 164 cm³/mol. The number of pyridine rings is 2. The fourth-order valence-electron chi connectivity index (χ4n) is 5.27. The highest BCUT2D eigenvalue weighted by Crippen LogP contribution is 2.41. The molecule has 3 aromatic rings. The van der Waals surface area contributed by atoms with Gasteiger partial charge in [0.1, 0.15) is 28.9 Å². The minimum absolute atomic E-state index is 0.00242. The molecule has 2 aromatic heterocycles. The summed E-state index contributed by atoms with van der Waals surface area (Å²) in [6, 6.07) is 7.22. The number of alkyl carbamates (subject to hydrolysis) is 1. The second kappa shape index (κ2) is 11.3. The number of hydrogen-bond acceptors (Lipinski definition) is 9. The maximum absolute atomic E-state index is 12.9. The van der Waals surface area contributed by atoms with E-state index in [4.69, 9.17) is 26.7 Å². The first-order chi connectivity index (χ1) is 20.6. The summed E-state index contributed by atoms with van der Waals surface area (Å²) >= 11 is 5.76. The molecule has 13 heteroatoms. The van der Waals surface area contributed by atoms with Gasteiger partial charge < -0.3 is 35.1 Å². The molecule has 1 aromatic carbocycles. The van der Waals surface area contributed by atoms with Gasteiger partial charge >= 0.3 is 12.1 Å². The van der Waals surface area contributed by atoms with E-state index in [-0.39, 0.29) is 13.0 Å². The molecule has 4 N–H and O–H groups in total. The van der Waals surface area contributed by atoms with Crippen molar-refractivity contribution < 1.29 is 33.8 Å². The molecule has 12 nitrogen and oxygen atoms in total. The topological polar surface area (TPSA) is 161 Å². The van der Waals surface area contributed by atoms with Gasteiger partial charge in [-0.3, -0.25) is 9.59 Å². The first-order valence-electron chi connectivity index (χ1n) is 14.3. The summed E-state index contributed by atoms with van der Waals surface area (Å²) in [7, 11) is 0. The molecule has 0 saturated heterocycles. The van der Waals surface area contributed by atoms with Crippen LogP contribution in [0.1, 0.15) is 64.7 Å². The van der Waals surface area contributed by atoms with Crippen LogP contribution in [-0.4, -0.2) is 56.2 Å². The number of carbonyl (C=O) groups is 4. The number of aliphatic hydroxyl groups is 1. The van der Waals surface area contributed by atoms with Gasteiger partial charge in [-0.05, 0) is 71.4 Å². The fraction of sp³-hybridized carbons (Fsp3) is 0.419. The number of hydrogen-bond donors (Lipinski definition) is 4. The molecule has 2 aliphatic rings. The molecule has 0 spiro atoms. The Balaban J connectivity index is 1.32. The van der Waals surface area contributed by atoms with Crippen LogP contribution in [0.4, 0.5) is 10.5 Å². The largest absolute Gasteiger partial charge is 0.458 e. The van der Waals surface area contributed by atoms with Crippen molar-refractivity contribution in [2.75, 3.05) is 5.32 Å². The monoisotopic (exact) mass is 621 g/mol. The van der Waals surface area contributed by atoms with E-state index in [9.17, 15) is 24.3 Å². The van der Waals surface area contributed by atoms with Gasteiger partial charge in [-0.2, -0.15) is 0 Å². The number of nitrogens with one attached hydrogen (secondary N) is 3. The second-order valence-electron chi connectivity index (χ2n) is 12.1. The smallest absolute Gasteiger partial charge is 0.408 e. The van der Waals surface area contributed by atoms with E-state index in [1.807, 2.05) is 10.6 Å². The maximum Gasteiger partial charge on any atom is 0.408 e. The molecule has 3 amide bonds. The van der Waals surface area contributed by atoms with E-state index in [0.29, 0.717) is 44.9 Å². The Hall–Kier alpha value is -4.36. The molecule has 0 unspecified atom stereocenters. The summed E-state index contributed by atoms with van der Waals surface area (Å²) < 4.78 is 12.8. The molecule has 0 radical (unpaired) electrons. The molecule has 0 bridgehead atoms. The lowest BCUT2D eigenvalue weighted by atomic mass is 9.86. The van der Waals surface area contributed by atoms with Gasteiger partial charge in [0, 0.05) is 27.8 Å². The summed E-state index contributed by atoms with van der Waals surface area (Å²) in [6.45, 7) is 10.4. The van der Waals surface area contributed by atoms with Gasteiger partial charge in [0.05, 0.1) is 23.4 Å². The molecule has 2 aliphatic heterocycles. The van der Waals surface area contributed by atoms with Crippen LogP contribution in [0.3, 0.4) is 0 Å². The zero-order valence-corrected chi connectivity index (χ0v) is 26.2. The van der Waals surface area contributed by atoms with E-state index < -0.39 is 47.2 Å². The lowest BCUT2D eigenvalue weighted by Crippen LogP contribution is -2.51. The van der Waals surface area contributed by atoms with Gasteiger partial charge in [-0.1, -0.05) is 19.1 Å². The Morgan fingerprint density at radius 1 is 1.14 bits per heavy atom. The number of esters is 1. The number of nitrogens with zero attached hydrogens (tertiary/aromatic N) is 2. The van der Waals surface area contributed by atoms with Gasteiger partial charge in [-0.25, -0.2) is 14.6 Å². The van der Waals surface area contributed by atoms with Crippen molar-refractivity contribution in [2.45, 2.75) is 84.4 Å². The van der Waals surface area contributed by atoms with Crippen molar-refractivity contribution in [1.82, 2.24) is 20.2 Å². The first kappa shape index (κ1) is 31.1. The summed E-state index contributed by atoms with van der Waals surface area (Å²) in [5.41, 5.74) is 2.08. The summed E-state index contributed by atoms with van der Waals surface area (Å²) in [5.74, 6) is -1.67. The molecule has 0 fully saturated rings. The Bertz CT molecular complexity index is 1780. The fourth-order valence-corrected chi connectivity index (χ4v) is 5.60. The SMILES string of the molecule is CC[C@@]1(O)C(=O)OCc2c1cc1n(c2=S)Cc2cc3cc(NC(=O)[C@H](C)NC(=O)[C@H](C)NC(=O)OC(C)(C)C)ccc3nc2-1. The standard InChI is InChI=1S/C31H35N5O7S/c1-7-31(41)21-12-23-24-18(13-36(23)27(44)20(21)14-42-28(31)39)10-17-11-19(8-9-22(17)35-24)34-26(38)15(2)32-25(37)16(3)33-29(40)43-30(4,5)6/h8-12,15-16,41H,7,13-14H2,1-6H3,(H,32,37)(H,33,40)(H,34,38)/t15-,16-,31-/m0/s1. The predicted octanol–water partition coefficient (Wildman–Crippen LogP) is 3.81. The number of ether oxygens (including phenoxy) is 2. The number of rotatable bonds is 6. The van der Waals surface area contributed by atoms with Crippen LogP contribution >= 0.6 is 12.2 Å². The summed E-state index contributed by atoms with van der Waals surface area (Å²) in [6.07, 6.45) is -0.585. The van der Waals surface area contributed by atoms with E-state index >= 15 is 0 Å². The van der Waals surface area contributed by atoms with Crippen LogP contribution in [0.15, 0.2) is 30.3 Å². The van der Waals surface area contributed by atoms with E-state index in [1.54, 1.807) is 58.9 Å². The highest BCUT2D eigenvalue weighted by atomic mass is 32.1. The number of cyclic esters (lactones) is 1. The zero-order valence-electron chi connectivity index (χ0n) is 25.4. The normalized spacial score (nSPS) is 18.3. The van der Waals surface area contributed by atoms with Crippen LogP contribution in [0.2, 0.25) is 0 Å². The highest BCUT2D eigenvalue weighted by molar-refractivity contribution is 7.71. The van der Waals surface area contributed by atoms with Gasteiger partial charge in [0.15, 0.2) is 5.60 Å². The third kappa shape index (κ3) is 5.76. The highest BCUT2D eigenvalue weighted by Gasteiger charge is 2.44. The van der Waals surface area contributed by atoms with Crippen molar-refractivity contribution in [3.05, 3.63) is 51.7 Å². The molecule has 0 saturated carbocycles. The number of benzene rings is 1. The van der Waals surface area contributed by atoms with Gasteiger partial charge in [-0.15, -0.1) is 0 Å². The lowest BCUT2D eigenvalue weighted by Gasteiger charge is -2.32.